The molecular weight excluding hydrogens is 416 g/mol. The van der Waals surface area contributed by atoms with Gasteiger partial charge in [-0.05, 0) is 67.1 Å². The van der Waals surface area contributed by atoms with E-state index in [1.807, 2.05) is 32.0 Å². The maximum atomic E-state index is 12.6. The van der Waals surface area contributed by atoms with Crippen LogP contribution < -0.4 is 15.5 Å². The lowest BCUT2D eigenvalue weighted by atomic mass is 9.95. The van der Waals surface area contributed by atoms with E-state index in [1.165, 1.54) is 16.8 Å². The maximum absolute atomic E-state index is 12.6. The van der Waals surface area contributed by atoms with Crippen LogP contribution >= 0.6 is 0 Å². The van der Waals surface area contributed by atoms with E-state index in [4.69, 9.17) is 4.74 Å². The van der Waals surface area contributed by atoms with Crippen LogP contribution in [0.3, 0.4) is 0 Å². The summed E-state index contributed by atoms with van der Waals surface area (Å²) in [6.07, 6.45) is 2.21. The van der Waals surface area contributed by atoms with Gasteiger partial charge in [-0.3, -0.25) is 14.5 Å². The molecule has 1 saturated heterocycles. The molecule has 2 aromatic carbocycles. The molecule has 0 aliphatic carbocycles. The summed E-state index contributed by atoms with van der Waals surface area (Å²) < 4.78 is 5.54. The molecule has 176 valence electrons. The van der Waals surface area contributed by atoms with Crippen LogP contribution in [0.5, 0.6) is 0 Å². The van der Waals surface area contributed by atoms with Crippen molar-refractivity contribution >= 4 is 23.2 Å². The van der Waals surface area contributed by atoms with Crippen molar-refractivity contribution in [3.63, 3.8) is 0 Å². The number of hydrogen-bond donors (Lipinski definition) is 2. The van der Waals surface area contributed by atoms with Gasteiger partial charge in [0.05, 0.1) is 19.3 Å². The molecule has 0 spiro atoms. The number of fused-ring (bicyclic) bond motifs is 1. The monoisotopic (exact) mass is 450 g/mol. The molecule has 2 aliphatic heterocycles. The molecule has 7 nitrogen and oxygen atoms in total. The van der Waals surface area contributed by atoms with E-state index in [9.17, 15) is 9.59 Å². The first kappa shape index (κ1) is 23.3. The highest BCUT2D eigenvalue weighted by Crippen LogP contribution is 2.31. The Morgan fingerprint density at radius 2 is 1.73 bits per heavy atom. The predicted octanol–water partition coefficient (Wildman–Crippen LogP) is 2.81. The van der Waals surface area contributed by atoms with Crippen molar-refractivity contribution in [2.24, 2.45) is 0 Å². The van der Waals surface area contributed by atoms with E-state index in [2.05, 4.69) is 45.7 Å². The molecule has 4 rings (SSSR count). The zero-order chi connectivity index (χ0) is 23.4. The van der Waals surface area contributed by atoms with Crippen LogP contribution in [-0.2, 0) is 20.7 Å². The fourth-order valence-corrected chi connectivity index (χ4v) is 4.86. The minimum Gasteiger partial charge on any atom is -0.379 e. The smallest absolute Gasteiger partial charge is 0.313 e. The normalized spacial score (nSPS) is 17.2. The molecule has 2 aliphatic rings. The van der Waals surface area contributed by atoms with Crippen molar-refractivity contribution in [1.29, 1.82) is 0 Å². The minimum absolute atomic E-state index is 0.00982. The Morgan fingerprint density at radius 1 is 1.00 bits per heavy atom. The van der Waals surface area contributed by atoms with E-state index >= 15 is 0 Å². The number of nitrogens with one attached hydrogen (secondary N) is 2. The Balaban J connectivity index is 1.46. The number of rotatable bonds is 5. The quantitative estimate of drug-likeness (QED) is 0.686. The number of anilines is 2. The van der Waals surface area contributed by atoms with E-state index in [1.54, 1.807) is 0 Å². The summed E-state index contributed by atoms with van der Waals surface area (Å²) in [5.41, 5.74) is 6.51. The van der Waals surface area contributed by atoms with Gasteiger partial charge >= 0.3 is 11.8 Å². The van der Waals surface area contributed by atoms with Crippen molar-refractivity contribution in [2.45, 2.75) is 32.7 Å². The highest BCUT2D eigenvalue weighted by atomic mass is 16.5. The van der Waals surface area contributed by atoms with Crippen molar-refractivity contribution in [3.05, 3.63) is 58.7 Å². The summed E-state index contributed by atoms with van der Waals surface area (Å²) in [5, 5.41) is 5.59. The molecule has 1 atom stereocenters. The van der Waals surface area contributed by atoms with E-state index in [-0.39, 0.29) is 6.04 Å². The van der Waals surface area contributed by atoms with Gasteiger partial charge in [0.1, 0.15) is 0 Å². The Morgan fingerprint density at radius 3 is 2.45 bits per heavy atom. The van der Waals surface area contributed by atoms with Crippen molar-refractivity contribution in [2.75, 3.05) is 56.7 Å². The van der Waals surface area contributed by atoms with Crippen LogP contribution in [0.2, 0.25) is 0 Å². The van der Waals surface area contributed by atoms with Crippen LogP contribution in [0.15, 0.2) is 36.4 Å². The molecule has 0 radical (unpaired) electrons. The number of aryl methyl sites for hydroxylation is 3. The molecule has 0 aromatic heterocycles. The summed E-state index contributed by atoms with van der Waals surface area (Å²) in [6.45, 7) is 8.31. The lowest BCUT2D eigenvalue weighted by Gasteiger charge is -2.36. The molecule has 0 unspecified atom stereocenters. The zero-order valence-electron chi connectivity index (χ0n) is 19.8. The third-order valence-electron chi connectivity index (χ3n) is 6.47. The first-order valence-corrected chi connectivity index (χ1v) is 11.7. The maximum Gasteiger partial charge on any atom is 0.313 e. The Kier molecular flexibility index (Phi) is 7.30. The highest BCUT2D eigenvalue weighted by molar-refractivity contribution is 6.39. The fourth-order valence-electron chi connectivity index (χ4n) is 4.86. The van der Waals surface area contributed by atoms with E-state index in [0.717, 1.165) is 43.6 Å². The zero-order valence-corrected chi connectivity index (χ0v) is 19.8. The van der Waals surface area contributed by atoms with Crippen LogP contribution in [0.1, 0.15) is 34.7 Å². The summed E-state index contributed by atoms with van der Waals surface area (Å²) in [4.78, 5) is 29.8. The van der Waals surface area contributed by atoms with Gasteiger partial charge in [0.2, 0.25) is 0 Å². The van der Waals surface area contributed by atoms with Gasteiger partial charge in [0.25, 0.3) is 0 Å². The molecule has 33 heavy (non-hydrogen) atoms. The number of morpholine rings is 1. The lowest BCUT2D eigenvalue weighted by Crippen LogP contribution is -2.45. The third-order valence-corrected chi connectivity index (χ3v) is 6.47. The second kappa shape index (κ2) is 10.4. The average molecular weight is 451 g/mol. The topological polar surface area (TPSA) is 73.9 Å². The summed E-state index contributed by atoms with van der Waals surface area (Å²) >= 11 is 0. The van der Waals surface area contributed by atoms with Gasteiger partial charge in [-0.25, -0.2) is 0 Å². The second-order valence-corrected chi connectivity index (χ2v) is 9.12. The lowest BCUT2D eigenvalue weighted by molar-refractivity contribution is -0.136. The molecular formula is C26H34N4O3. The first-order valence-electron chi connectivity index (χ1n) is 11.7. The van der Waals surface area contributed by atoms with Gasteiger partial charge < -0.3 is 20.3 Å². The van der Waals surface area contributed by atoms with Crippen LogP contribution in [0.4, 0.5) is 11.4 Å². The third kappa shape index (κ3) is 5.72. The first-order chi connectivity index (χ1) is 15.9. The predicted molar refractivity (Wildman–Crippen MR) is 131 cm³/mol. The number of amides is 2. The number of hydrogen-bond acceptors (Lipinski definition) is 5. The molecule has 2 amide bonds. The van der Waals surface area contributed by atoms with Crippen LogP contribution in [0.25, 0.3) is 0 Å². The number of carbonyl (C=O) groups excluding carboxylic acids is 2. The fraction of sp³-hybridized carbons (Fsp3) is 0.462. The average Bonchev–Trinajstić information content (AvgIpc) is 2.79. The Hall–Kier alpha value is -2.90. The van der Waals surface area contributed by atoms with Crippen LogP contribution in [0, 0.1) is 13.8 Å². The molecule has 2 aromatic rings. The molecule has 0 saturated carbocycles. The molecule has 0 bridgehead atoms. The van der Waals surface area contributed by atoms with E-state index in [0.29, 0.717) is 25.4 Å². The Labute approximate surface area is 196 Å². The van der Waals surface area contributed by atoms with Gasteiger partial charge in [-0.15, -0.1) is 0 Å². The van der Waals surface area contributed by atoms with Crippen molar-refractivity contribution in [3.8, 4) is 0 Å². The van der Waals surface area contributed by atoms with Crippen molar-refractivity contribution < 1.29 is 14.3 Å². The summed E-state index contributed by atoms with van der Waals surface area (Å²) in [6, 6.07) is 12.3. The van der Waals surface area contributed by atoms with Gasteiger partial charge in [0, 0.05) is 44.6 Å². The summed E-state index contributed by atoms with van der Waals surface area (Å²) in [5.74, 6) is -1.27. The number of carbonyl (C=O) groups is 2. The molecule has 2 heterocycles. The summed E-state index contributed by atoms with van der Waals surface area (Å²) in [7, 11) is 2.13. The molecule has 1 fully saturated rings. The number of ether oxygens (including phenoxy) is 1. The SMILES string of the molecule is Cc1cc(C)cc(NC(=O)C(=O)NC[C@H](c2ccc3c(c2)CCCN3C)N2CCOCC2)c1. The highest BCUT2D eigenvalue weighted by Gasteiger charge is 2.26. The minimum atomic E-state index is -0.646. The van der Waals surface area contributed by atoms with Crippen molar-refractivity contribution in [1.82, 2.24) is 10.2 Å². The van der Waals surface area contributed by atoms with Gasteiger partial charge in [0.15, 0.2) is 0 Å². The number of nitrogens with zero attached hydrogens (tertiary/aromatic N) is 2. The number of benzene rings is 2. The Bertz CT molecular complexity index is 996. The second-order valence-electron chi connectivity index (χ2n) is 9.12. The van der Waals surface area contributed by atoms with Crippen LogP contribution in [-0.4, -0.2) is 63.2 Å². The molecule has 2 N–H and O–H groups in total. The van der Waals surface area contributed by atoms with E-state index < -0.39 is 11.8 Å². The van der Waals surface area contributed by atoms with Gasteiger partial charge in [-0.1, -0.05) is 18.2 Å². The molecule has 7 heteroatoms. The largest absolute Gasteiger partial charge is 0.379 e. The van der Waals surface area contributed by atoms with Gasteiger partial charge in [-0.2, -0.15) is 0 Å². The standard InChI is InChI=1S/C26H34N4O3/c1-18-13-19(2)15-22(14-18)28-26(32)25(31)27-17-24(30-9-11-33-12-10-30)21-6-7-23-20(16-21)5-4-8-29(23)3/h6-7,13-16,24H,4-5,8-12,17H2,1-3H3,(H,27,31)(H,28,32)/t24-/m1/s1.